The lowest BCUT2D eigenvalue weighted by Crippen LogP contribution is -2.43. The van der Waals surface area contributed by atoms with Crippen LogP contribution in [-0.4, -0.2) is 58.2 Å². The standard InChI is InChI=1S/C20H27N3O2/c24-15-18-9-5-10-22(18)13-17-8-4-11-23(17)14-20-21-12-19(25-20)16-6-2-1-3-7-16/h1-3,6-7,12,17-18,24H,4-5,8-11,13-15H2. The Kier molecular flexibility index (Phi) is 5.15. The Morgan fingerprint density at radius 1 is 1.04 bits per heavy atom. The minimum Gasteiger partial charge on any atom is -0.439 e. The number of likely N-dealkylation sites (tertiary alicyclic amines) is 2. The molecule has 134 valence electrons. The number of oxazole rings is 1. The number of hydrogen-bond donors (Lipinski definition) is 1. The second-order valence-electron chi connectivity index (χ2n) is 7.22. The van der Waals surface area contributed by atoms with E-state index in [1.165, 1.54) is 19.3 Å². The smallest absolute Gasteiger partial charge is 0.209 e. The summed E-state index contributed by atoms with van der Waals surface area (Å²) in [4.78, 5) is 9.45. The van der Waals surface area contributed by atoms with E-state index in [1.807, 2.05) is 36.5 Å². The van der Waals surface area contributed by atoms with Crippen LogP contribution < -0.4 is 0 Å². The van der Waals surface area contributed by atoms with Crippen LogP contribution in [0.2, 0.25) is 0 Å². The van der Waals surface area contributed by atoms with Gasteiger partial charge in [0.05, 0.1) is 19.3 Å². The van der Waals surface area contributed by atoms with E-state index < -0.39 is 0 Å². The van der Waals surface area contributed by atoms with Gasteiger partial charge in [0.25, 0.3) is 0 Å². The largest absolute Gasteiger partial charge is 0.439 e. The molecule has 0 radical (unpaired) electrons. The average molecular weight is 341 g/mol. The van der Waals surface area contributed by atoms with Crippen LogP contribution in [0.15, 0.2) is 40.9 Å². The molecule has 5 nitrogen and oxygen atoms in total. The molecule has 1 aromatic heterocycles. The third-order valence-electron chi connectivity index (χ3n) is 5.60. The number of rotatable bonds is 6. The lowest BCUT2D eigenvalue weighted by molar-refractivity contribution is 0.116. The number of hydrogen-bond acceptors (Lipinski definition) is 5. The maximum Gasteiger partial charge on any atom is 0.209 e. The maximum atomic E-state index is 9.54. The first-order chi connectivity index (χ1) is 12.3. The van der Waals surface area contributed by atoms with Gasteiger partial charge in [-0.3, -0.25) is 9.80 Å². The van der Waals surface area contributed by atoms with Crippen molar-refractivity contribution in [3.05, 3.63) is 42.4 Å². The van der Waals surface area contributed by atoms with Crippen LogP contribution in [0.25, 0.3) is 11.3 Å². The van der Waals surface area contributed by atoms with Gasteiger partial charge in [-0.05, 0) is 38.8 Å². The minimum absolute atomic E-state index is 0.285. The molecule has 25 heavy (non-hydrogen) atoms. The maximum absolute atomic E-state index is 9.54. The van der Waals surface area contributed by atoms with Gasteiger partial charge in [0.15, 0.2) is 5.76 Å². The van der Waals surface area contributed by atoms with Crippen LogP contribution >= 0.6 is 0 Å². The van der Waals surface area contributed by atoms with Gasteiger partial charge in [0.1, 0.15) is 0 Å². The summed E-state index contributed by atoms with van der Waals surface area (Å²) < 4.78 is 5.99. The van der Waals surface area contributed by atoms with E-state index in [2.05, 4.69) is 14.8 Å². The molecule has 1 N–H and O–H groups in total. The van der Waals surface area contributed by atoms with Gasteiger partial charge in [-0.2, -0.15) is 0 Å². The van der Waals surface area contributed by atoms with Crippen LogP contribution in [-0.2, 0) is 6.54 Å². The van der Waals surface area contributed by atoms with Crippen molar-refractivity contribution in [1.29, 1.82) is 0 Å². The zero-order valence-corrected chi connectivity index (χ0v) is 14.7. The first-order valence-corrected chi connectivity index (χ1v) is 9.42. The lowest BCUT2D eigenvalue weighted by Gasteiger charge is -2.30. The Bertz CT molecular complexity index is 673. The molecule has 1 aromatic carbocycles. The number of aliphatic hydroxyl groups excluding tert-OH is 1. The normalized spacial score (nSPS) is 25.0. The predicted octanol–water partition coefficient (Wildman–Crippen LogP) is 2.76. The highest BCUT2D eigenvalue weighted by atomic mass is 16.4. The molecule has 2 fully saturated rings. The quantitative estimate of drug-likeness (QED) is 0.876. The molecule has 3 heterocycles. The molecule has 2 saturated heterocycles. The highest BCUT2D eigenvalue weighted by molar-refractivity contribution is 5.55. The van der Waals surface area contributed by atoms with Gasteiger partial charge in [0, 0.05) is 24.2 Å². The molecular formula is C20H27N3O2. The Hall–Kier alpha value is -1.69. The molecule has 0 saturated carbocycles. The zero-order valence-electron chi connectivity index (χ0n) is 14.7. The van der Waals surface area contributed by atoms with Gasteiger partial charge in [-0.1, -0.05) is 30.3 Å². The molecule has 2 aliphatic heterocycles. The number of aromatic nitrogens is 1. The van der Waals surface area contributed by atoms with Crippen LogP contribution in [0.5, 0.6) is 0 Å². The second-order valence-corrected chi connectivity index (χ2v) is 7.22. The van der Waals surface area contributed by atoms with E-state index in [0.29, 0.717) is 12.1 Å². The third kappa shape index (κ3) is 3.78. The van der Waals surface area contributed by atoms with Gasteiger partial charge >= 0.3 is 0 Å². The van der Waals surface area contributed by atoms with Crippen molar-refractivity contribution in [2.45, 2.75) is 44.3 Å². The molecule has 0 spiro atoms. The SMILES string of the molecule is OCC1CCCN1CC1CCCN1Cc1ncc(-c2ccccc2)o1. The van der Waals surface area contributed by atoms with Crippen LogP contribution in [0.1, 0.15) is 31.6 Å². The van der Waals surface area contributed by atoms with Crippen molar-refractivity contribution >= 4 is 0 Å². The van der Waals surface area contributed by atoms with Gasteiger partial charge in [-0.25, -0.2) is 4.98 Å². The summed E-state index contributed by atoms with van der Waals surface area (Å²) >= 11 is 0. The Morgan fingerprint density at radius 3 is 2.60 bits per heavy atom. The summed E-state index contributed by atoms with van der Waals surface area (Å²) in [6.07, 6.45) is 6.62. The van der Waals surface area contributed by atoms with Crippen molar-refractivity contribution < 1.29 is 9.52 Å². The molecular weight excluding hydrogens is 314 g/mol. The topological polar surface area (TPSA) is 52.7 Å². The molecule has 2 aliphatic rings. The summed E-state index contributed by atoms with van der Waals surface area (Å²) in [6.45, 7) is 4.33. The fourth-order valence-corrected chi connectivity index (χ4v) is 4.22. The highest BCUT2D eigenvalue weighted by Gasteiger charge is 2.31. The Morgan fingerprint density at radius 2 is 1.80 bits per heavy atom. The first-order valence-electron chi connectivity index (χ1n) is 9.42. The van der Waals surface area contributed by atoms with Gasteiger partial charge in [-0.15, -0.1) is 0 Å². The van der Waals surface area contributed by atoms with Gasteiger partial charge in [0.2, 0.25) is 5.89 Å². The molecule has 2 aromatic rings. The molecule has 0 bridgehead atoms. The third-order valence-corrected chi connectivity index (χ3v) is 5.60. The predicted molar refractivity (Wildman–Crippen MR) is 97.1 cm³/mol. The second kappa shape index (κ2) is 7.68. The van der Waals surface area contributed by atoms with Gasteiger partial charge < -0.3 is 9.52 Å². The summed E-state index contributed by atoms with van der Waals surface area (Å²) in [5.74, 6) is 1.64. The summed E-state index contributed by atoms with van der Waals surface area (Å²) in [5, 5.41) is 9.54. The minimum atomic E-state index is 0.285. The average Bonchev–Trinajstić information content (AvgIpc) is 3.38. The van der Waals surface area contributed by atoms with Crippen LogP contribution in [0.4, 0.5) is 0 Å². The highest BCUT2D eigenvalue weighted by Crippen LogP contribution is 2.26. The molecule has 2 unspecified atom stereocenters. The zero-order chi connectivity index (χ0) is 17.1. The molecule has 5 heteroatoms. The molecule has 2 atom stereocenters. The van der Waals surface area contributed by atoms with Crippen LogP contribution in [0, 0.1) is 0 Å². The molecule has 4 rings (SSSR count). The fraction of sp³-hybridized carbons (Fsp3) is 0.550. The van der Waals surface area contributed by atoms with E-state index in [0.717, 1.165) is 49.8 Å². The lowest BCUT2D eigenvalue weighted by atomic mass is 10.2. The van der Waals surface area contributed by atoms with E-state index in [1.54, 1.807) is 0 Å². The number of benzene rings is 1. The van der Waals surface area contributed by atoms with E-state index >= 15 is 0 Å². The number of nitrogens with zero attached hydrogens (tertiary/aromatic N) is 3. The number of aliphatic hydroxyl groups is 1. The summed E-state index contributed by atoms with van der Waals surface area (Å²) in [5.41, 5.74) is 1.07. The Balaban J connectivity index is 1.39. The Labute approximate surface area is 149 Å². The van der Waals surface area contributed by atoms with Crippen LogP contribution in [0.3, 0.4) is 0 Å². The van der Waals surface area contributed by atoms with Crippen molar-refractivity contribution in [3.8, 4) is 11.3 Å². The molecule has 0 aliphatic carbocycles. The van der Waals surface area contributed by atoms with Crippen molar-refractivity contribution in [3.63, 3.8) is 0 Å². The first kappa shape index (κ1) is 16.8. The monoisotopic (exact) mass is 341 g/mol. The van der Waals surface area contributed by atoms with E-state index in [4.69, 9.17) is 4.42 Å². The molecule has 0 amide bonds. The van der Waals surface area contributed by atoms with Crippen molar-refractivity contribution in [2.24, 2.45) is 0 Å². The fourth-order valence-electron chi connectivity index (χ4n) is 4.22. The van der Waals surface area contributed by atoms with E-state index in [-0.39, 0.29) is 6.61 Å². The van der Waals surface area contributed by atoms with Crippen molar-refractivity contribution in [2.75, 3.05) is 26.2 Å². The van der Waals surface area contributed by atoms with E-state index in [9.17, 15) is 5.11 Å². The summed E-state index contributed by atoms with van der Waals surface area (Å²) in [6, 6.07) is 11.0. The summed E-state index contributed by atoms with van der Waals surface area (Å²) in [7, 11) is 0. The van der Waals surface area contributed by atoms with Crippen molar-refractivity contribution in [1.82, 2.24) is 14.8 Å².